The smallest absolute Gasteiger partial charge is 0.346 e. The van der Waals surface area contributed by atoms with E-state index in [1.54, 1.807) is 0 Å². The predicted octanol–water partition coefficient (Wildman–Crippen LogP) is 3.86. The van der Waals surface area contributed by atoms with Gasteiger partial charge in [-0.25, -0.2) is 4.79 Å². The van der Waals surface area contributed by atoms with Gasteiger partial charge in [-0.05, 0) is 18.6 Å². The Hall–Kier alpha value is -2.89. The summed E-state index contributed by atoms with van der Waals surface area (Å²) in [5.74, 6) is -1.38. The molecule has 0 bridgehead atoms. The maximum Gasteiger partial charge on any atom is 0.346 e. The first kappa shape index (κ1) is 16.5. The number of rotatable bonds is 6. The summed E-state index contributed by atoms with van der Waals surface area (Å²) in [6.07, 6.45) is -0.350. The Balaban J connectivity index is 2.31. The summed E-state index contributed by atoms with van der Waals surface area (Å²) in [5, 5.41) is 20.3. The minimum atomic E-state index is -1.38. The fraction of sp³-hybridized carbons (Fsp3) is 0.235. The van der Waals surface area contributed by atoms with Crippen LogP contribution < -0.4 is 4.74 Å². The van der Waals surface area contributed by atoms with E-state index in [0.29, 0.717) is 0 Å². The van der Waals surface area contributed by atoms with Gasteiger partial charge in [-0.3, -0.25) is 10.1 Å². The van der Waals surface area contributed by atoms with Gasteiger partial charge in [0.05, 0.1) is 4.92 Å². The Morgan fingerprint density at radius 3 is 2.35 bits per heavy atom. The van der Waals surface area contributed by atoms with E-state index >= 15 is 0 Å². The molecule has 6 heteroatoms. The minimum Gasteiger partial charge on any atom is -0.489 e. The van der Waals surface area contributed by atoms with E-state index in [2.05, 4.69) is 0 Å². The third kappa shape index (κ3) is 3.66. The molecule has 1 N–H and O–H groups in total. The number of carboxylic acid groups (broad SMARTS) is 1. The van der Waals surface area contributed by atoms with E-state index in [0.717, 1.165) is 11.6 Å². The van der Waals surface area contributed by atoms with Crippen molar-refractivity contribution in [2.45, 2.75) is 25.9 Å². The Morgan fingerprint density at radius 2 is 1.78 bits per heavy atom. The van der Waals surface area contributed by atoms with Crippen LogP contribution >= 0.6 is 0 Å². The number of carboxylic acids is 1. The number of ether oxygens (including phenoxy) is 1. The van der Waals surface area contributed by atoms with Gasteiger partial charge < -0.3 is 9.84 Å². The van der Waals surface area contributed by atoms with Crippen molar-refractivity contribution in [2.24, 2.45) is 0 Å². The molecule has 0 aliphatic heterocycles. The fourth-order valence-electron chi connectivity index (χ4n) is 2.31. The van der Waals surface area contributed by atoms with Gasteiger partial charge in [0.2, 0.25) is 0 Å². The zero-order chi connectivity index (χ0) is 17.0. The van der Waals surface area contributed by atoms with Gasteiger partial charge in [-0.2, -0.15) is 0 Å². The highest BCUT2D eigenvalue weighted by atomic mass is 16.6. The van der Waals surface area contributed by atoms with Crippen molar-refractivity contribution in [3.8, 4) is 5.75 Å². The van der Waals surface area contributed by atoms with Crippen LogP contribution in [0.25, 0.3) is 0 Å². The van der Waals surface area contributed by atoms with Gasteiger partial charge in [0.1, 0.15) is 11.9 Å². The SMILES string of the molecule is C[C@H](c1ccccc1)[C@@H](C)Oc1cccc([N+](=O)[O-])c1C(=O)O. The van der Waals surface area contributed by atoms with Crippen LogP contribution in [-0.4, -0.2) is 22.1 Å². The van der Waals surface area contributed by atoms with Crippen LogP contribution in [0.1, 0.15) is 35.7 Å². The van der Waals surface area contributed by atoms with Gasteiger partial charge in [-0.1, -0.05) is 43.3 Å². The lowest BCUT2D eigenvalue weighted by Crippen LogP contribution is -2.21. The number of carbonyl (C=O) groups is 1. The molecule has 0 aromatic heterocycles. The van der Waals surface area contributed by atoms with Crippen LogP contribution in [0.3, 0.4) is 0 Å². The molecule has 2 rings (SSSR count). The number of nitro groups is 1. The summed E-state index contributed by atoms with van der Waals surface area (Å²) in [5.41, 5.74) is 0.140. The molecule has 0 aliphatic carbocycles. The molecule has 0 saturated carbocycles. The van der Waals surface area contributed by atoms with E-state index in [-0.39, 0.29) is 17.8 Å². The van der Waals surface area contributed by atoms with E-state index in [9.17, 15) is 20.0 Å². The lowest BCUT2D eigenvalue weighted by molar-refractivity contribution is -0.385. The lowest BCUT2D eigenvalue weighted by Gasteiger charge is -2.22. The maximum atomic E-state index is 11.4. The molecule has 0 spiro atoms. The van der Waals surface area contributed by atoms with Crippen molar-refractivity contribution < 1.29 is 19.6 Å². The largest absolute Gasteiger partial charge is 0.489 e. The molecular formula is C17H17NO5. The second-order valence-corrected chi connectivity index (χ2v) is 5.23. The second-order valence-electron chi connectivity index (χ2n) is 5.23. The predicted molar refractivity (Wildman–Crippen MR) is 85.0 cm³/mol. The molecule has 2 aromatic rings. The zero-order valence-electron chi connectivity index (χ0n) is 12.8. The van der Waals surface area contributed by atoms with Gasteiger partial charge in [-0.15, -0.1) is 0 Å². The second kappa shape index (κ2) is 6.91. The van der Waals surface area contributed by atoms with E-state index in [1.807, 2.05) is 44.2 Å². The number of hydrogen-bond acceptors (Lipinski definition) is 4. The maximum absolute atomic E-state index is 11.4. The Kier molecular flexibility index (Phi) is 4.95. The average molecular weight is 315 g/mol. The standard InChI is InChI=1S/C17H17NO5/c1-11(13-7-4-3-5-8-13)12(2)23-15-10-6-9-14(18(21)22)16(15)17(19)20/h3-12H,1-2H3,(H,19,20)/t11-,12+/m0/s1. The van der Waals surface area contributed by atoms with Crippen molar-refractivity contribution in [1.82, 2.24) is 0 Å². The molecule has 0 radical (unpaired) electrons. The van der Waals surface area contributed by atoms with Gasteiger partial charge in [0.15, 0.2) is 5.56 Å². The van der Waals surface area contributed by atoms with E-state index in [1.165, 1.54) is 12.1 Å². The number of hydrogen-bond donors (Lipinski definition) is 1. The Labute approximate surface area is 133 Å². The number of nitrogens with zero attached hydrogens (tertiary/aromatic N) is 1. The van der Waals surface area contributed by atoms with Crippen LogP contribution in [0.15, 0.2) is 48.5 Å². The van der Waals surface area contributed by atoms with E-state index in [4.69, 9.17) is 4.74 Å². The molecule has 2 atom stereocenters. The van der Waals surface area contributed by atoms with Crippen molar-refractivity contribution >= 4 is 11.7 Å². The third-order valence-electron chi connectivity index (χ3n) is 3.76. The fourth-order valence-corrected chi connectivity index (χ4v) is 2.31. The topological polar surface area (TPSA) is 89.7 Å². The third-order valence-corrected chi connectivity index (χ3v) is 3.76. The van der Waals surface area contributed by atoms with Crippen molar-refractivity contribution in [3.05, 3.63) is 69.8 Å². The van der Waals surface area contributed by atoms with Crippen LogP contribution in [0.5, 0.6) is 5.75 Å². The average Bonchev–Trinajstić information content (AvgIpc) is 2.54. The molecular weight excluding hydrogens is 298 g/mol. The first-order valence-corrected chi connectivity index (χ1v) is 7.14. The monoisotopic (exact) mass is 315 g/mol. The highest BCUT2D eigenvalue weighted by Crippen LogP contribution is 2.31. The summed E-state index contributed by atoms with van der Waals surface area (Å²) in [6.45, 7) is 3.76. The summed E-state index contributed by atoms with van der Waals surface area (Å²) < 4.78 is 5.73. The van der Waals surface area contributed by atoms with Crippen LogP contribution in [0, 0.1) is 10.1 Å². The highest BCUT2D eigenvalue weighted by Gasteiger charge is 2.26. The van der Waals surface area contributed by atoms with Gasteiger partial charge in [0.25, 0.3) is 5.69 Å². The first-order chi connectivity index (χ1) is 10.9. The molecule has 23 heavy (non-hydrogen) atoms. The molecule has 120 valence electrons. The van der Waals surface area contributed by atoms with Gasteiger partial charge in [0, 0.05) is 12.0 Å². The summed E-state index contributed by atoms with van der Waals surface area (Å²) >= 11 is 0. The Morgan fingerprint density at radius 1 is 1.13 bits per heavy atom. The number of benzene rings is 2. The number of nitro benzene ring substituents is 1. The molecule has 0 fully saturated rings. The Bertz CT molecular complexity index is 714. The summed E-state index contributed by atoms with van der Waals surface area (Å²) in [6, 6.07) is 13.6. The number of aromatic carboxylic acids is 1. The first-order valence-electron chi connectivity index (χ1n) is 7.14. The normalized spacial score (nSPS) is 13.1. The minimum absolute atomic E-state index is 0.00183. The molecule has 2 aromatic carbocycles. The molecule has 0 unspecified atom stereocenters. The van der Waals surface area contributed by atoms with E-state index < -0.39 is 22.1 Å². The lowest BCUT2D eigenvalue weighted by atomic mass is 9.96. The van der Waals surface area contributed by atoms with Crippen LogP contribution in [0.2, 0.25) is 0 Å². The quantitative estimate of drug-likeness (QED) is 0.645. The van der Waals surface area contributed by atoms with Crippen LogP contribution in [0.4, 0.5) is 5.69 Å². The summed E-state index contributed by atoms with van der Waals surface area (Å²) in [7, 11) is 0. The zero-order valence-corrected chi connectivity index (χ0v) is 12.8. The molecule has 6 nitrogen and oxygen atoms in total. The van der Waals surface area contributed by atoms with Crippen molar-refractivity contribution in [1.29, 1.82) is 0 Å². The van der Waals surface area contributed by atoms with Crippen molar-refractivity contribution in [3.63, 3.8) is 0 Å². The molecule has 0 aliphatic rings. The van der Waals surface area contributed by atoms with Gasteiger partial charge >= 0.3 is 5.97 Å². The van der Waals surface area contributed by atoms with Crippen molar-refractivity contribution in [2.75, 3.05) is 0 Å². The highest BCUT2D eigenvalue weighted by molar-refractivity contribution is 5.95. The molecule has 0 saturated heterocycles. The van der Waals surface area contributed by atoms with Crippen LogP contribution in [-0.2, 0) is 0 Å². The molecule has 0 amide bonds. The molecule has 0 heterocycles. The summed E-state index contributed by atoms with van der Waals surface area (Å²) in [4.78, 5) is 21.7.